The van der Waals surface area contributed by atoms with Gasteiger partial charge < -0.3 is 19.7 Å². The topological polar surface area (TPSA) is 151 Å². The number of benzene rings is 1. The first kappa shape index (κ1) is 16.4. The molecular formula is C16H12N2O7. The van der Waals surface area contributed by atoms with Crippen molar-refractivity contribution in [2.24, 2.45) is 0 Å². The number of carboxylic acid groups (broad SMARTS) is 2. The summed E-state index contributed by atoms with van der Waals surface area (Å²) in [5.74, 6) is -4.16. The zero-order chi connectivity index (χ0) is 18.3. The van der Waals surface area contributed by atoms with Gasteiger partial charge in [0.15, 0.2) is 5.43 Å². The molecule has 3 rings (SSSR count). The Morgan fingerprint density at radius 1 is 1.16 bits per heavy atom. The van der Waals surface area contributed by atoms with Gasteiger partial charge in [0.05, 0.1) is 16.4 Å². The molecule has 2 heterocycles. The van der Waals surface area contributed by atoms with Crippen molar-refractivity contribution in [2.45, 2.75) is 19.8 Å². The van der Waals surface area contributed by atoms with E-state index in [4.69, 9.17) is 14.6 Å². The zero-order valence-electron chi connectivity index (χ0n) is 12.9. The van der Waals surface area contributed by atoms with Gasteiger partial charge >= 0.3 is 11.9 Å². The van der Waals surface area contributed by atoms with Crippen molar-refractivity contribution in [2.75, 3.05) is 0 Å². The lowest BCUT2D eigenvalue weighted by molar-refractivity contribution is 0.0659. The molecule has 0 radical (unpaired) electrons. The molecule has 9 nitrogen and oxygen atoms in total. The summed E-state index contributed by atoms with van der Waals surface area (Å²) in [6.07, 6.45) is 0.943. The van der Waals surface area contributed by atoms with Crippen molar-refractivity contribution in [1.29, 1.82) is 0 Å². The number of rotatable bonds is 4. The Balaban J connectivity index is 2.53. The van der Waals surface area contributed by atoms with Gasteiger partial charge in [-0.25, -0.2) is 19.6 Å². The van der Waals surface area contributed by atoms with E-state index in [2.05, 4.69) is 9.97 Å². The zero-order valence-corrected chi connectivity index (χ0v) is 12.9. The number of nitrogens with zero attached hydrogens (tertiary/aromatic N) is 2. The van der Waals surface area contributed by atoms with E-state index in [-0.39, 0.29) is 22.0 Å². The van der Waals surface area contributed by atoms with E-state index < -0.39 is 34.7 Å². The van der Waals surface area contributed by atoms with Crippen molar-refractivity contribution in [3.63, 3.8) is 0 Å². The molecule has 0 amide bonds. The molecule has 0 saturated carbocycles. The second-order valence-corrected chi connectivity index (χ2v) is 5.33. The second-order valence-electron chi connectivity index (χ2n) is 5.33. The van der Waals surface area contributed by atoms with E-state index >= 15 is 0 Å². The number of aromatic hydroxyl groups is 1. The summed E-state index contributed by atoms with van der Waals surface area (Å²) >= 11 is 0. The molecule has 25 heavy (non-hydrogen) atoms. The second kappa shape index (κ2) is 5.86. The largest absolute Gasteiger partial charge is 0.492 e. The maximum Gasteiger partial charge on any atom is 0.371 e. The summed E-state index contributed by atoms with van der Waals surface area (Å²) in [7, 11) is 0. The summed E-state index contributed by atoms with van der Waals surface area (Å²) in [5, 5.41) is 28.0. The van der Waals surface area contributed by atoms with E-state index in [0.717, 1.165) is 6.07 Å². The van der Waals surface area contributed by atoms with Gasteiger partial charge in [0.25, 0.3) is 0 Å². The molecule has 0 aliphatic heterocycles. The highest BCUT2D eigenvalue weighted by Gasteiger charge is 2.21. The molecule has 0 aliphatic carbocycles. The number of aromatic nitrogens is 2. The van der Waals surface area contributed by atoms with Crippen LogP contribution < -0.4 is 5.43 Å². The molecule has 9 heteroatoms. The fourth-order valence-electron chi connectivity index (χ4n) is 2.60. The summed E-state index contributed by atoms with van der Waals surface area (Å²) in [4.78, 5) is 42.3. The fraction of sp³-hybridized carbons (Fsp3) is 0.188. The van der Waals surface area contributed by atoms with Gasteiger partial charge in [-0.15, -0.1) is 0 Å². The van der Waals surface area contributed by atoms with Crippen molar-refractivity contribution in [3.05, 3.63) is 39.4 Å². The van der Waals surface area contributed by atoms with Crippen LogP contribution in [0.5, 0.6) is 5.88 Å². The van der Waals surface area contributed by atoms with Crippen LogP contribution in [-0.2, 0) is 6.42 Å². The molecule has 1 aromatic carbocycles. The SMILES string of the molecule is CCCc1c2nc(C(=O)O)c(O)nc2cc2c(=O)cc(C(=O)O)oc12. The van der Waals surface area contributed by atoms with E-state index in [0.29, 0.717) is 18.4 Å². The first-order valence-electron chi connectivity index (χ1n) is 7.30. The highest BCUT2D eigenvalue weighted by atomic mass is 16.4. The van der Waals surface area contributed by atoms with Gasteiger partial charge in [-0.3, -0.25) is 4.79 Å². The average molecular weight is 344 g/mol. The highest BCUT2D eigenvalue weighted by Crippen LogP contribution is 2.29. The predicted molar refractivity (Wildman–Crippen MR) is 85.2 cm³/mol. The van der Waals surface area contributed by atoms with Gasteiger partial charge in [-0.05, 0) is 12.5 Å². The van der Waals surface area contributed by atoms with Crippen LogP contribution in [0.4, 0.5) is 0 Å². The van der Waals surface area contributed by atoms with Gasteiger partial charge in [0.2, 0.25) is 17.3 Å². The van der Waals surface area contributed by atoms with Crippen LogP contribution in [0.25, 0.3) is 22.0 Å². The van der Waals surface area contributed by atoms with Crippen LogP contribution in [0.3, 0.4) is 0 Å². The Morgan fingerprint density at radius 2 is 1.88 bits per heavy atom. The fourth-order valence-corrected chi connectivity index (χ4v) is 2.60. The van der Waals surface area contributed by atoms with Crippen LogP contribution in [0.1, 0.15) is 40.0 Å². The molecular weight excluding hydrogens is 332 g/mol. The molecule has 0 aliphatic rings. The molecule has 0 spiro atoms. The molecule has 0 saturated heterocycles. The summed E-state index contributed by atoms with van der Waals surface area (Å²) in [5.41, 5.74) is -0.577. The lowest BCUT2D eigenvalue weighted by Crippen LogP contribution is -2.09. The molecule has 2 aromatic heterocycles. The molecule has 0 atom stereocenters. The number of aryl methyl sites for hydroxylation is 1. The highest BCUT2D eigenvalue weighted by molar-refractivity contribution is 5.99. The predicted octanol–water partition coefficient (Wildman–Crippen LogP) is 1.79. The minimum absolute atomic E-state index is 0.0237. The van der Waals surface area contributed by atoms with E-state index in [9.17, 15) is 19.5 Å². The Morgan fingerprint density at radius 3 is 2.48 bits per heavy atom. The van der Waals surface area contributed by atoms with Crippen molar-refractivity contribution in [1.82, 2.24) is 9.97 Å². The molecule has 0 fully saturated rings. The van der Waals surface area contributed by atoms with E-state index in [1.165, 1.54) is 6.07 Å². The van der Waals surface area contributed by atoms with Gasteiger partial charge in [0, 0.05) is 11.6 Å². The number of fused-ring (bicyclic) bond motifs is 2. The third kappa shape index (κ3) is 2.65. The van der Waals surface area contributed by atoms with Crippen LogP contribution in [0.2, 0.25) is 0 Å². The molecule has 3 N–H and O–H groups in total. The van der Waals surface area contributed by atoms with Gasteiger partial charge in [-0.2, -0.15) is 0 Å². The third-order valence-electron chi connectivity index (χ3n) is 3.64. The number of carbonyl (C=O) groups is 2. The van der Waals surface area contributed by atoms with Crippen molar-refractivity contribution < 1.29 is 29.3 Å². The number of hydrogen-bond donors (Lipinski definition) is 3. The minimum atomic E-state index is -1.46. The van der Waals surface area contributed by atoms with Crippen LogP contribution >= 0.6 is 0 Å². The first-order valence-corrected chi connectivity index (χ1v) is 7.30. The quantitative estimate of drug-likeness (QED) is 0.601. The number of hydrogen-bond acceptors (Lipinski definition) is 7. The lowest BCUT2D eigenvalue weighted by Gasteiger charge is -2.10. The Labute approximate surface area is 139 Å². The third-order valence-corrected chi connectivity index (χ3v) is 3.64. The Bertz CT molecular complexity index is 1100. The average Bonchev–Trinajstić information content (AvgIpc) is 2.54. The normalized spacial score (nSPS) is 11.1. The Kier molecular flexibility index (Phi) is 3.84. The lowest BCUT2D eigenvalue weighted by atomic mass is 10.0. The maximum absolute atomic E-state index is 12.2. The smallest absolute Gasteiger partial charge is 0.371 e. The standard InChI is InChI=1S/C16H12N2O7/c1-2-3-6-11-8(17-14(20)12(18-11)16(23)24)4-7-9(19)5-10(15(21)22)25-13(6)7/h4-5H,2-3H2,1H3,(H,17,20)(H,21,22)(H,23,24). The van der Waals surface area contributed by atoms with Crippen LogP contribution in [0.15, 0.2) is 21.3 Å². The van der Waals surface area contributed by atoms with Crippen molar-refractivity contribution >= 4 is 33.9 Å². The summed E-state index contributed by atoms with van der Waals surface area (Å²) in [6, 6.07) is 2.14. The summed E-state index contributed by atoms with van der Waals surface area (Å²) < 4.78 is 5.35. The summed E-state index contributed by atoms with van der Waals surface area (Å²) in [6.45, 7) is 1.84. The van der Waals surface area contributed by atoms with Crippen LogP contribution in [0, 0.1) is 0 Å². The van der Waals surface area contributed by atoms with Crippen LogP contribution in [-0.4, -0.2) is 37.2 Å². The van der Waals surface area contributed by atoms with E-state index in [1.54, 1.807) is 0 Å². The molecule has 128 valence electrons. The van der Waals surface area contributed by atoms with Gasteiger partial charge in [0.1, 0.15) is 5.58 Å². The monoisotopic (exact) mass is 344 g/mol. The first-order chi connectivity index (χ1) is 11.8. The van der Waals surface area contributed by atoms with Crippen molar-refractivity contribution in [3.8, 4) is 5.88 Å². The van der Waals surface area contributed by atoms with Gasteiger partial charge in [-0.1, -0.05) is 13.3 Å². The number of carboxylic acids is 2. The number of aromatic carboxylic acids is 2. The van der Waals surface area contributed by atoms with E-state index in [1.807, 2.05) is 6.92 Å². The molecule has 3 aromatic rings. The molecule has 0 unspecified atom stereocenters. The minimum Gasteiger partial charge on any atom is -0.492 e. The molecule has 0 bridgehead atoms. The maximum atomic E-state index is 12.2. The Hall–Kier alpha value is -3.49.